The molecular weight excluding hydrogens is 208 g/mol. The Labute approximate surface area is 94.2 Å². The van der Waals surface area contributed by atoms with Crippen LogP contribution >= 0.6 is 0 Å². The van der Waals surface area contributed by atoms with Crippen LogP contribution in [0.4, 0.5) is 5.69 Å². The van der Waals surface area contributed by atoms with Crippen molar-refractivity contribution in [2.45, 2.75) is 19.6 Å². The van der Waals surface area contributed by atoms with Crippen molar-refractivity contribution in [1.29, 1.82) is 0 Å². The molecule has 0 saturated carbocycles. The summed E-state index contributed by atoms with van der Waals surface area (Å²) in [6.45, 7) is 1.53. The molecule has 16 heavy (non-hydrogen) atoms. The number of aliphatic hydroxyl groups is 1. The van der Waals surface area contributed by atoms with Crippen LogP contribution in [-0.4, -0.2) is 24.2 Å². The molecule has 1 atom stereocenters. The molecular formula is C11H16N2O3. The van der Waals surface area contributed by atoms with Crippen LogP contribution in [0.2, 0.25) is 0 Å². The number of ether oxygens (including phenoxy) is 1. The third-order valence-corrected chi connectivity index (χ3v) is 2.12. The van der Waals surface area contributed by atoms with Crippen molar-refractivity contribution < 1.29 is 14.6 Å². The first-order valence-electron chi connectivity index (χ1n) is 4.92. The maximum Gasteiger partial charge on any atom is 0.241 e. The Balaban J connectivity index is 2.91. The van der Waals surface area contributed by atoms with E-state index in [1.54, 1.807) is 25.1 Å². The number of nitrogens with two attached hydrogens (primary N) is 1. The van der Waals surface area contributed by atoms with E-state index in [-0.39, 0.29) is 12.5 Å². The molecule has 4 N–H and O–H groups in total. The van der Waals surface area contributed by atoms with Gasteiger partial charge in [0.25, 0.3) is 0 Å². The van der Waals surface area contributed by atoms with E-state index in [2.05, 4.69) is 5.32 Å². The summed E-state index contributed by atoms with van der Waals surface area (Å²) in [4.78, 5) is 11.4. The monoisotopic (exact) mass is 224 g/mol. The quantitative estimate of drug-likeness (QED) is 0.694. The van der Waals surface area contributed by atoms with Crippen molar-refractivity contribution in [3.8, 4) is 5.75 Å². The standard InChI is InChI=1S/C11H16N2O3/c1-7(12)11(15)13-9-4-3-8(6-14)5-10(9)16-2/h3-5,7,14H,6,12H2,1-2H3,(H,13,15)/t7-/m0/s1. The van der Waals surface area contributed by atoms with E-state index in [1.807, 2.05) is 0 Å². The zero-order chi connectivity index (χ0) is 12.1. The van der Waals surface area contributed by atoms with Crippen molar-refractivity contribution in [2.75, 3.05) is 12.4 Å². The normalized spacial score (nSPS) is 12.0. The lowest BCUT2D eigenvalue weighted by Crippen LogP contribution is -2.32. The summed E-state index contributed by atoms with van der Waals surface area (Å²) in [6, 6.07) is 4.46. The van der Waals surface area contributed by atoms with E-state index < -0.39 is 6.04 Å². The largest absolute Gasteiger partial charge is 0.495 e. The topological polar surface area (TPSA) is 84.6 Å². The van der Waals surface area contributed by atoms with Gasteiger partial charge in [-0.15, -0.1) is 0 Å². The molecule has 0 unspecified atom stereocenters. The van der Waals surface area contributed by atoms with Crippen molar-refractivity contribution in [2.24, 2.45) is 5.73 Å². The average Bonchev–Trinajstić information content (AvgIpc) is 2.29. The number of nitrogens with one attached hydrogen (secondary N) is 1. The van der Waals surface area contributed by atoms with Gasteiger partial charge in [-0.2, -0.15) is 0 Å². The molecule has 0 aliphatic carbocycles. The first-order chi connectivity index (χ1) is 7.58. The fourth-order valence-electron chi connectivity index (χ4n) is 1.18. The van der Waals surface area contributed by atoms with Crippen molar-refractivity contribution in [3.05, 3.63) is 23.8 Å². The zero-order valence-corrected chi connectivity index (χ0v) is 9.36. The predicted octanol–water partition coefficient (Wildman–Crippen LogP) is 0.473. The highest BCUT2D eigenvalue weighted by Crippen LogP contribution is 2.25. The molecule has 0 aliphatic heterocycles. The van der Waals surface area contributed by atoms with Crippen LogP contribution in [0.5, 0.6) is 5.75 Å². The maximum atomic E-state index is 11.4. The molecule has 0 aliphatic rings. The van der Waals surface area contributed by atoms with E-state index in [0.717, 1.165) is 5.56 Å². The van der Waals surface area contributed by atoms with Crippen LogP contribution in [0.15, 0.2) is 18.2 Å². The minimum atomic E-state index is -0.581. The van der Waals surface area contributed by atoms with Crippen molar-refractivity contribution in [3.63, 3.8) is 0 Å². The van der Waals surface area contributed by atoms with Gasteiger partial charge >= 0.3 is 0 Å². The molecule has 1 aromatic carbocycles. The number of methoxy groups -OCH3 is 1. The Hall–Kier alpha value is -1.59. The van der Waals surface area contributed by atoms with Crippen LogP contribution in [-0.2, 0) is 11.4 Å². The zero-order valence-electron chi connectivity index (χ0n) is 9.36. The predicted molar refractivity (Wildman–Crippen MR) is 61.2 cm³/mol. The number of carbonyl (C=O) groups excluding carboxylic acids is 1. The second kappa shape index (κ2) is 5.48. The first-order valence-corrected chi connectivity index (χ1v) is 4.92. The van der Waals surface area contributed by atoms with E-state index in [4.69, 9.17) is 15.6 Å². The number of aliphatic hydroxyl groups excluding tert-OH is 1. The van der Waals surface area contributed by atoms with E-state index >= 15 is 0 Å². The number of benzene rings is 1. The fourth-order valence-corrected chi connectivity index (χ4v) is 1.18. The Morgan fingerprint density at radius 3 is 2.81 bits per heavy atom. The van der Waals surface area contributed by atoms with Crippen LogP contribution in [0.1, 0.15) is 12.5 Å². The number of hydrogen-bond acceptors (Lipinski definition) is 4. The highest BCUT2D eigenvalue weighted by atomic mass is 16.5. The van der Waals surface area contributed by atoms with Crippen LogP contribution < -0.4 is 15.8 Å². The van der Waals surface area contributed by atoms with Crippen LogP contribution in [0, 0.1) is 0 Å². The summed E-state index contributed by atoms with van der Waals surface area (Å²) in [7, 11) is 1.50. The summed E-state index contributed by atoms with van der Waals surface area (Å²) < 4.78 is 5.10. The van der Waals surface area contributed by atoms with Gasteiger partial charge in [-0.1, -0.05) is 6.07 Å². The van der Waals surface area contributed by atoms with Crippen LogP contribution in [0.3, 0.4) is 0 Å². The van der Waals surface area contributed by atoms with Gasteiger partial charge in [-0.05, 0) is 24.6 Å². The molecule has 1 aromatic rings. The average molecular weight is 224 g/mol. The second-order valence-electron chi connectivity index (χ2n) is 3.47. The molecule has 88 valence electrons. The minimum Gasteiger partial charge on any atom is -0.495 e. The number of carbonyl (C=O) groups is 1. The number of amides is 1. The van der Waals surface area contributed by atoms with Gasteiger partial charge < -0.3 is 20.9 Å². The molecule has 0 heterocycles. The van der Waals surface area contributed by atoms with E-state index in [1.165, 1.54) is 7.11 Å². The van der Waals surface area contributed by atoms with Gasteiger partial charge in [0.1, 0.15) is 5.75 Å². The van der Waals surface area contributed by atoms with E-state index in [0.29, 0.717) is 11.4 Å². The molecule has 0 saturated heterocycles. The third kappa shape index (κ3) is 2.95. The molecule has 1 rings (SSSR count). The van der Waals surface area contributed by atoms with Gasteiger partial charge in [-0.3, -0.25) is 4.79 Å². The SMILES string of the molecule is COc1cc(CO)ccc1NC(=O)[C@H](C)N. The highest BCUT2D eigenvalue weighted by Gasteiger charge is 2.11. The number of hydrogen-bond donors (Lipinski definition) is 3. The summed E-state index contributed by atoms with van der Waals surface area (Å²) in [5.41, 5.74) is 6.70. The number of anilines is 1. The van der Waals surface area contributed by atoms with Crippen molar-refractivity contribution >= 4 is 11.6 Å². The summed E-state index contributed by atoms with van der Waals surface area (Å²) in [6.07, 6.45) is 0. The summed E-state index contributed by atoms with van der Waals surface area (Å²) in [5, 5.41) is 11.6. The molecule has 5 heteroatoms. The van der Waals surface area contributed by atoms with E-state index in [9.17, 15) is 4.79 Å². The third-order valence-electron chi connectivity index (χ3n) is 2.12. The Morgan fingerprint density at radius 2 is 2.31 bits per heavy atom. The van der Waals surface area contributed by atoms with Crippen molar-refractivity contribution in [1.82, 2.24) is 0 Å². The fraction of sp³-hybridized carbons (Fsp3) is 0.364. The lowest BCUT2D eigenvalue weighted by atomic mass is 10.2. The highest BCUT2D eigenvalue weighted by molar-refractivity contribution is 5.95. The lowest BCUT2D eigenvalue weighted by Gasteiger charge is -2.12. The molecule has 0 fully saturated rings. The maximum absolute atomic E-state index is 11.4. The molecule has 0 bridgehead atoms. The van der Waals surface area contributed by atoms with Gasteiger partial charge in [-0.25, -0.2) is 0 Å². The smallest absolute Gasteiger partial charge is 0.241 e. The Bertz CT molecular complexity index is 377. The first kappa shape index (κ1) is 12.5. The van der Waals surface area contributed by atoms with Gasteiger partial charge in [0.15, 0.2) is 0 Å². The van der Waals surface area contributed by atoms with Gasteiger partial charge in [0.2, 0.25) is 5.91 Å². The summed E-state index contributed by atoms with van der Waals surface area (Å²) >= 11 is 0. The molecule has 0 spiro atoms. The van der Waals surface area contributed by atoms with Gasteiger partial charge in [0.05, 0.1) is 25.4 Å². The Kier molecular flexibility index (Phi) is 4.28. The molecule has 0 radical (unpaired) electrons. The van der Waals surface area contributed by atoms with Gasteiger partial charge in [0, 0.05) is 0 Å². The molecule has 0 aromatic heterocycles. The minimum absolute atomic E-state index is 0.0715. The molecule has 1 amide bonds. The lowest BCUT2D eigenvalue weighted by molar-refractivity contribution is -0.117. The number of rotatable bonds is 4. The van der Waals surface area contributed by atoms with Crippen LogP contribution in [0.25, 0.3) is 0 Å². The second-order valence-corrected chi connectivity index (χ2v) is 3.47. The molecule has 5 nitrogen and oxygen atoms in total. The summed E-state index contributed by atoms with van der Waals surface area (Å²) in [5.74, 6) is 0.218. The Morgan fingerprint density at radius 1 is 1.62 bits per heavy atom.